The zero-order valence-electron chi connectivity index (χ0n) is 12.8. The normalized spacial score (nSPS) is 14.0. The van der Waals surface area contributed by atoms with Crippen molar-refractivity contribution < 1.29 is 8.42 Å². The maximum absolute atomic E-state index is 12.4. The van der Waals surface area contributed by atoms with Gasteiger partial charge in [-0.25, -0.2) is 13.1 Å². The van der Waals surface area contributed by atoms with Crippen molar-refractivity contribution >= 4 is 34.0 Å². The van der Waals surface area contributed by atoms with Gasteiger partial charge in [-0.2, -0.15) is 5.26 Å². The molecule has 1 aromatic carbocycles. The molecule has 22 heavy (non-hydrogen) atoms. The summed E-state index contributed by atoms with van der Waals surface area (Å²) in [6, 6.07) is 5.90. The van der Waals surface area contributed by atoms with E-state index in [0.29, 0.717) is 12.3 Å². The number of nitrogens with zero attached hydrogens (tertiary/aromatic N) is 1. The molecule has 124 valence electrons. The SMILES string of the molecule is CC(C)CC(C)(CN)NS(=O)(=O)c1ccc(Cl)c(C#N)c1.Cl. The number of halogens is 2. The fourth-order valence-corrected chi connectivity index (χ4v) is 3.82. The van der Waals surface area contributed by atoms with E-state index < -0.39 is 15.6 Å². The van der Waals surface area contributed by atoms with Crippen molar-refractivity contribution in [1.29, 1.82) is 5.26 Å². The van der Waals surface area contributed by atoms with Crippen molar-refractivity contribution in [2.24, 2.45) is 11.7 Å². The van der Waals surface area contributed by atoms with Crippen LogP contribution in [0, 0.1) is 17.2 Å². The number of sulfonamides is 1. The number of benzene rings is 1. The van der Waals surface area contributed by atoms with Gasteiger partial charge in [-0.05, 0) is 37.5 Å². The highest BCUT2D eigenvalue weighted by Gasteiger charge is 2.30. The number of hydrogen-bond acceptors (Lipinski definition) is 4. The molecule has 5 nitrogen and oxygen atoms in total. The summed E-state index contributed by atoms with van der Waals surface area (Å²) in [6.07, 6.45) is 0.613. The van der Waals surface area contributed by atoms with Gasteiger partial charge in [0.25, 0.3) is 0 Å². The smallest absolute Gasteiger partial charge is 0.241 e. The van der Waals surface area contributed by atoms with Gasteiger partial charge in [-0.1, -0.05) is 25.4 Å². The number of nitriles is 1. The molecule has 1 aromatic rings. The van der Waals surface area contributed by atoms with Crippen molar-refractivity contribution in [3.8, 4) is 6.07 Å². The summed E-state index contributed by atoms with van der Waals surface area (Å²) in [7, 11) is -3.76. The van der Waals surface area contributed by atoms with E-state index in [1.54, 1.807) is 6.92 Å². The van der Waals surface area contributed by atoms with E-state index in [1.807, 2.05) is 19.9 Å². The molecule has 0 aliphatic rings. The van der Waals surface area contributed by atoms with Gasteiger partial charge >= 0.3 is 0 Å². The lowest BCUT2D eigenvalue weighted by atomic mass is 9.92. The van der Waals surface area contributed by atoms with E-state index in [0.717, 1.165) is 0 Å². The van der Waals surface area contributed by atoms with Crippen LogP contribution in [0.25, 0.3) is 0 Å². The number of nitrogens with two attached hydrogens (primary N) is 1. The maximum atomic E-state index is 12.4. The fourth-order valence-electron chi connectivity index (χ4n) is 2.21. The van der Waals surface area contributed by atoms with E-state index in [2.05, 4.69) is 4.72 Å². The zero-order valence-corrected chi connectivity index (χ0v) is 15.1. The number of rotatable bonds is 6. The lowest BCUT2D eigenvalue weighted by molar-refractivity contribution is 0.344. The van der Waals surface area contributed by atoms with Crippen molar-refractivity contribution in [1.82, 2.24) is 4.72 Å². The van der Waals surface area contributed by atoms with Gasteiger partial charge in [-0.3, -0.25) is 0 Å². The summed E-state index contributed by atoms with van der Waals surface area (Å²) >= 11 is 5.82. The van der Waals surface area contributed by atoms with Crippen molar-refractivity contribution in [2.75, 3.05) is 6.54 Å². The van der Waals surface area contributed by atoms with Crippen LogP contribution in [0.3, 0.4) is 0 Å². The van der Waals surface area contributed by atoms with E-state index in [9.17, 15) is 8.42 Å². The summed E-state index contributed by atoms with van der Waals surface area (Å²) in [5.74, 6) is 0.293. The first-order chi connectivity index (χ1) is 9.63. The molecule has 0 bridgehead atoms. The summed E-state index contributed by atoms with van der Waals surface area (Å²) in [5.41, 5.74) is 5.11. The van der Waals surface area contributed by atoms with Gasteiger partial charge in [0, 0.05) is 12.1 Å². The Morgan fingerprint density at radius 2 is 2.05 bits per heavy atom. The highest BCUT2D eigenvalue weighted by molar-refractivity contribution is 7.89. The molecule has 0 radical (unpaired) electrons. The van der Waals surface area contributed by atoms with Crippen molar-refractivity contribution in [3.63, 3.8) is 0 Å². The molecule has 0 aliphatic heterocycles. The summed E-state index contributed by atoms with van der Waals surface area (Å²) in [5, 5.41) is 9.16. The van der Waals surface area contributed by atoms with Gasteiger partial charge in [0.05, 0.1) is 15.5 Å². The Hall–Kier alpha value is -0.840. The van der Waals surface area contributed by atoms with Crippen LogP contribution in [0.1, 0.15) is 32.8 Å². The van der Waals surface area contributed by atoms with Crippen LogP contribution in [-0.2, 0) is 10.0 Å². The minimum absolute atomic E-state index is 0. The molecular weight excluding hydrogens is 345 g/mol. The van der Waals surface area contributed by atoms with Gasteiger partial charge in [0.1, 0.15) is 6.07 Å². The first-order valence-electron chi connectivity index (χ1n) is 6.57. The zero-order chi connectivity index (χ0) is 16.3. The molecule has 0 amide bonds. The molecule has 1 unspecified atom stereocenters. The van der Waals surface area contributed by atoms with E-state index in [-0.39, 0.29) is 34.4 Å². The molecule has 0 spiro atoms. The first-order valence-corrected chi connectivity index (χ1v) is 8.43. The number of nitrogens with one attached hydrogen (secondary N) is 1. The molecule has 0 heterocycles. The number of hydrogen-bond donors (Lipinski definition) is 2. The van der Waals surface area contributed by atoms with Gasteiger partial charge in [0.2, 0.25) is 10.0 Å². The molecule has 0 aromatic heterocycles. The van der Waals surface area contributed by atoms with Crippen LogP contribution in [0.5, 0.6) is 0 Å². The molecule has 8 heteroatoms. The third-order valence-corrected chi connectivity index (χ3v) is 5.02. The van der Waals surface area contributed by atoms with E-state index >= 15 is 0 Å². The van der Waals surface area contributed by atoms with Crippen LogP contribution in [-0.4, -0.2) is 20.5 Å². The monoisotopic (exact) mass is 365 g/mol. The van der Waals surface area contributed by atoms with Gasteiger partial charge in [-0.15, -0.1) is 12.4 Å². The molecule has 0 fully saturated rings. The molecule has 0 aliphatic carbocycles. The minimum Gasteiger partial charge on any atom is -0.329 e. The second-order valence-corrected chi connectivity index (χ2v) is 7.81. The largest absolute Gasteiger partial charge is 0.329 e. The van der Waals surface area contributed by atoms with E-state index in [4.69, 9.17) is 22.6 Å². The average Bonchev–Trinajstić information content (AvgIpc) is 2.37. The molecule has 3 N–H and O–H groups in total. The fraction of sp³-hybridized carbons (Fsp3) is 0.500. The molecule has 1 atom stereocenters. The third kappa shape index (κ3) is 5.41. The lowest BCUT2D eigenvalue weighted by Gasteiger charge is -2.30. The highest BCUT2D eigenvalue weighted by Crippen LogP contribution is 2.23. The van der Waals surface area contributed by atoms with Gasteiger partial charge < -0.3 is 5.73 Å². The third-order valence-electron chi connectivity index (χ3n) is 3.06. The van der Waals surface area contributed by atoms with Crippen molar-refractivity contribution in [3.05, 3.63) is 28.8 Å². The molecule has 0 saturated heterocycles. The minimum atomic E-state index is -3.76. The van der Waals surface area contributed by atoms with Crippen LogP contribution in [0.15, 0.2) is 23.1 Å². The second-order valence-electron chi connectivity index (χ2n) is 5.72. The average molecular weight is 366 g/mol. The lowest BCUT2D eigenvalue weighted by Crippen LogP contribution is -2.51. The molecular formula is C14H21Cl2N3O2S. The van der Waals surface area contributed by atoms with E-state index in [1.165, 1.54) is 18.2 Å². The summed E-state index contributed by atoms with van der Waals surface area (Å²) < 4.78 is 27.5. The highest BCUT2D eigenvalue weighted by atomic mass is 35.5. The Balaban J connectivity index is 0.00000441. The van der Waals surface area contributed by atoms with Crippen molar-refractivity contribution in [2.45, 2.75) is 37.6 Å². The topological polar surface area (TPSA) is 96.0 Å². The second kappa shape index (κ2) is 8.14. The summed E-state index contributed by atoms with van der Waals surface area (Å²) in [6.45, 7) is 5.95. The Bertz CT molecular complexity index is 657. The molecule has 1 rings (SSSR count). The Kier molecular flexibility index (Phi) is 7.83. The quantitative estimate of drug-likeness (QED) is 0.809. The van der Waals surface area contributed by atoms with Crippen LogP contribution in [0.2, 0.25) is 5.02 Å². The summed E-state index contributed by atoms with van der Waals surface area (Å²) in [4.78, 5) is 0.00637. The first kappa shape index (κ1) is 21.2. The van der Waals surface area contributed by atoms with Crippen LogP contribution < -0.4 is 10.5 Å². The molecule has 0 saturated carbocycles. The maximum Gasteiger partial charge on any atom is 0.241 e. The van der Waals surface area contributed by atoms with Crippen LogP contribution in [0.4, 0.5) is 0 Å². The predicted octanol–water partition coefficient (Wildman–Crippen LogP) is 2.68. The Morgan fingerprint density at radius 3 is 2.50 bits per heavy atom. The standard InChI is InChI=1S/C14H20ClN3O2S.ClH/c1-10(2)7-14(3,9-17)18-21(19,20)12-4-5-13(15)11(6-12)8-16;/h4-6,10,18H,7,9,17H2,1-3H3;1H. The van der Waals surface area contributed by atoms with Gasteiger partial charge in [0.15, 0.2) is 0 Å². The van der Waals surface area contributed by atoms with Crippen LogP contribution >= 0.6 is 24.0 Å². The Labute approximate surface area is 143 Å². The predicted molar refractivity (Wildman–Crippen MR) is 90.7 cm³/mol. The Morgan fingerprint density at radius 1 is 1.45 bits per heavy atom.